The fraction of sp³-hybridized carbons (Fsp3) is 0.364. The van der Waals surface area contributed by atoms with Gasteiger partial charge >= 0.3 is 17.5 Å². The molecular formula is C22H25FN4O4S. The highest BCUT2D eigenvalue weighted by Gasteiger charge is 2.22. The van der Waals surface area contributed by atoms with E-state index in [2.05, 4.69) is 33.9 Å². The summed E-state index contributed by atoms with van der Waals surface area (Å²) in [6, 6.07) is 11.3. The Morgan fingerprint density at radius 1 is 1.19 bits per heavy atom. The van der Waals surface area contributed by atoms with Crippen LogP contribution in [0.5, 0.6) is 0 Å². The van der Waals surface area contributed by atoms with E-state index in [1.54, 1.807) is 11.8 Å². The summed E-state index contributed by atoms with van der Waals surface area (Å²) in [6.07, 6.45) is 3.89. The third-order valence-electron chi connectivity index (χ3n) is 5.45. The number of carbonyl (C=O) groups excluding carboxylic acids is 2. The fourth-order valence-corrected chi connectivity index (χ4v) is 4.27. The van der Waals surface area contributed by atoms with Crippen molar-refractivity contribution in [2.24, 2.45) is 5.92 Å². The maximum absolute atomic E-state index is 13.4. The number of likely N-dealkylation sites (tertiary alicyclic amines) is 1. The third kappa shape index (κ3) is 6.27. The Balaban J connectivity index is 1.43. The van der Waals surface area contributed by atoms with E-state index in [0.717, 1.165) is 44.6 Å². The number of piperidine rings is 1. The molecule has 0 aliphatic carbocycles. The normalized spacial score (nSPS) is 14.7. The minimum absolute atomic E-state index is 0.0166. The molecule has 2 aromatic rings. The standard InChI is InChI=1S/C22H25FN4O4S/c1-32-20-5-3-2-4-16(20)14-26-10-8-15(9-11-26)13-24-21(28)22(29)25-17-6-7-18(23)19(12-17)27(30)31/h2-7,12,15H,8-11,13-14H2,1H3,(H,24,28)(H,25,29). The second kappa shape index (κ2) is 11.1. The molecule has 1 aliphatic rings. The van der Waals surface area contributed by atoms with Gasteiger partial charge in [-0.1, -0.05) is 18.2 Å². The largest absolute Gasteiger partial charge is 0.348 e. The molecule has 1 heterocycles. The Bertz CT molecular complexity index is 996. The predicted molar refractivity (Wildman–Crippen MR) is 121 cm³/mol. The number of nitro benzene ring substituents is 1. The van der Waals surface area contributed by atoms with Gasteiger partial charge in [0.05, 0.1) is 4.92 Å². The summed E-state index contributed by atoms with van der Waals surface area (Å²) in [6.45, 7) is 3.09. The van der Waals surface area contributed by atoms with Crippen LogP contribution in [-0.4, -0.2) is 47.5 Å². The van der Waals surface area contributed by atoms with Gasteiger partial charge in [-0.05, 0) is 61.9 Å². The predicted octanol–water partition coefficient (Wildman–Crippen LogP) is 3.42. The van der Waals surface area contributed by atoms with Gasteiger partial charge in [-0.3, -0.25) is 24.6 Å². The van der Waals surface area contributed by atoms with E-state index in [1.165, 1.54) is 16.5 Å². The lowest BCUT2D eigenvalue weighted by Crippen LogP contribution is -2.41. The van der Waals surface area contributed by atoms with Gasteiger partial charge < -0.3 is 10.6 Å². The summed E-state index contributed by atoms with van der Waals surface area (Å²) in [4.78, 5) is 37.8. The number of hydrogen-bond acceptors (Lipinski definition) is 6. The molecule has 0 aromatic heterocycles. The van der Waals surface area contributed by atoms with Crippen molar-refractivity contribution in [2.45, 2.75) is 24.3 Å². The second-order valence-corrected chi connectivity index (χ2v) is 8.47. The summed E-state index contributed by atoms with van der Waals surface area (Å²) in [5.41, 5.74) is 0.525. The van der Waals surface area contributed by atoms with E-state index in [4.69, 9.17) is 0 Å². The molecule has 1 saturated heterocycles. The summed E-state index contributed by atoms with van der Waals surface area (Å²) >= 11 is 1.74. The van der Waals surface area contributed by atoms with Crippen molar-refractivity contribution < 1.29 is 18.9 Å². The summed E-state index contributed by atoms with van der Waals surface area (Å²) in [7, 11) is 0. The minimum Gasteiger partial charge on any atom is -0.348 e. The first kappa shape index (κ1) is 23.7. The van der Waals surface area contributed by atoms with Crippen molar-refractivity contribution in [3.63, 3.8) is 0 Å². The van der Waals surface area contributed by atoms with E-state index in [9.17, 15) is 24.1 Å². The Labute approximate surface area is 189 Å². The molecule has 1 fully saturated rings. The number of halogens is 1. The Kier molecular flexibility index (Phi) is 8.18. The molecule has 0 atom stereocenters. The average Bonchev–Trinajstić information content (AvgIpc) is 2.79. The first-order valence-electron chi connectivity index (χ1n) is 10.2. The fourth-order valence-electron chi connectivity index (χ4n) is 3.66. The number of nitro groups is 1. The van der Waals surface area contributed by atoms with Gasteiger partial charge in [-0.25, -0.2) is 0 Å². The van der Waals surface area contributed by atoms with E-state index < -0.39 is 28.2 Å². The van der Waals surface area contributed by atoms with Crippen molar-refractivity contribution in [2.75, 3.05) is 31.2 Å². The maximum atomic E-state index is 13.4. The number of benzene rings is 2. The number of hydrogen-bond donors (Lipinski definition) is 2. The number of thioether (sulfide) groups is 1. The van der Waals surface area contributed by atoms with E-state index in [1.807, 2.05) is 12.1 Å². The maximum Gasteiger partial charge on any atom is 0.313 e. The summed E-state index contributed by atoms with van der Waals surface area (Å²) < 4.78 is 13.4. The molecule has 0 unspecified atom stereocenters. The first-order valence-corrected chi connectivity index (χ1v) is 11.5. The quantitative estimate of drug-likeness (QED) is 0.284. The van der Waals surface area contributed by atoms with Gasteiger partial charge in [-0.15, -0.1) is 11.8 Å². The Hall–Kier alpha value is -2.98. The minimum atomic E-state index is -1.01. The molecule has 2 aromatic carbocycles. The van der Waals surface area contributed by atoms with Gasteiger partial charge in [0.2, 0.25) is 5.82 Å². The van der Waals surface area contributed by atoms with E-state index >= 15 is 0 Å². The molecule has 2 amide bonds. The number of nitrogens with one attached hydrogen (secondary N) is 2. The van der Waals surface area contributed by atoms with Crippen LogP contribution in [0.1, 0.15) is 18.4 Å². The zero-order chi connectivity index (χ0) is 23.1. The van der Waals surface area contributed by atoms with Crippen LogP contribution in [-0.2, 0) is 16.1 Å². The molecule has 0 saturated carbocycles. The van der Waals surface area contributed by atoms with E-state index in [0.29, 0.717) is 6.54 Å². The monoisotopic (exact) mass is 460 g/mol. The highest BCUT2D eigenvalue weighted by molar-refractivity contribution is 7.98. The third-order valence-corrected chi connectivity index (χ3v) is 6.29. The van der Waals surface area contributed by atoms with Crippen LogP contribution in [0, 0.1) is 21.8 Å². The van der Waals surface area contributed by atoms with Crippen molar-refractivity contribution in [1.82, 2.24) is 10.2 Å². The molecule has 2 N–H and O–H groups in total. The summed E-state index contributed by atoms with van der Waals surface area (Å²) in [5, 5.41) is 15.7. The zero-order valence-corrected chi connectivity index (χ0v) is 18.5. The van der Waals surface area contributed by atoms with Crippen molar-refractivity contribution >= 4 is 35.0 Å². The highest BCUT2D eigenvalue weighted by atomic mass is 32.2. The van der Waals surface area contributed by atoms with Crippen LogP contribution in [0.2, 0.25) is 0 Å². The molecule has 1 aliphatic heterocycles. The number of anilines is 1. The van der Waals surface area contributed by atoms with Crippen LogP contribution in [0.3, 0.4) is 0 Å². The molecule has 3 rings (SSSR count). The molecule has 8 nitrogen and oxygen atoms in total. The van der Waals surface area contributed by atoms with Crippen LogP contribution in [0.25, 0.3) is 0 Å². The van der Waals surface area contributed by atoms with Gasteiger partial charge in [0.15, 0.2) is 0 Å². The smallest absolute Gasteiger partial charge is 0.313 e. The van der Waals surface area contributed by atoms with Gasteiger partial charge in [0.25, 0.3) is 0 Å². The molecule has 0 radical (unpaired) electrons. The first-order chi connectivity index (χ1) is 15.4. The highest BCUT2D eigenvalue weighted by Crippen LogP contribution is 2.24. The second-order valence-electron chi connectivity index (χ2n) is 7.62. The van der Waals surface area contributed by atoms with Crippen molar-refractivity contribution in [1.29, 1.82) is 0 Å². The van der Waals surface area contributed by atoms with Gasteiger partial charge in [0.1, 0.15) is 0 Å². The van der Waals surface area contributed by atoms with Crippen LogP contribution >= 0.6 is 11.8 Å². The zero-order valence-electron chi connectivity index (χ0n) is 17.7. The average molecular weight is 461 g/mol. The van der Waals surface area contributed by atoms with Crippen molar-refractivity contribution in [3.8, 4) is 0 Å². The SMILES string of the molecule is CSc1ccccc1CN1CCC(CNC(=O)C(=O)Nc2ccc(F)c([N+](=O)[O-])c2)CC1. The topological polar surface area (TPSA) is 105 Å². The Morgan fingerprint density at radius 3 is 2.59 bits per heavy atom. The van der Waals surface area contributed by atoms with E-state index in [-0.39, 0.29) is 11.6 Å². The molecule has 0 spiro atoms. The molecule has 10 heteroatoms. The van der Waals surface area contributed by atoms with Gasteiger partial charge in [0, 0.05) is 29.7 Å². The molecule has 32 heavy (non-hydrogen) atoms. The van der Waals surface area contributed by atoms with Gasteiger partial charge in [-0.2, -0.15) is 4.39 Å². The molecule has 170 valence electrons. The molecular weight excluding hydrogens is 435 g/mol. The van der Waals surface area contributed by atoms with Crippen molar-refractivity contribution in [3.05, 3.63) is 64.0 Å². The lowest BCUT2D eigenvalue weighted by molar-refractivity contribution is -0.387. The lowest BCUT2D eigenvalue weighted by Gasteiger charge is -2.32. The van der Waals surface area contributed by atoms with Crippen LogP contribution in [0.4, 0.5) is 15.8 Å². The number of carbonyl (C=O) groups is 2. The van der Waals surface area contributed by atoms with Crippen LogP contribution in [0.15, 0.2) is 47.4 Å². The molecule has 0 bridgehead atoms. The lowest BCUT2D eigenvalue weighted by atomic mass is 9.96. The Morgan fingerprint density at radius 2 is 1.91 bits per heavy atom. The summed E-state index contributed by atoms with van der Waals surface area (Å²) in [5.74, 6) is -2.52. The number of rotatable bonds is 7. The number of nitrogens with zero attached hydrogens (tertiary/aromatic N) is 2. The number of amides is 2. The van der Waals surface area contributed by atoms with Crippen LogP contribution < -0.4 is 10.6 Å².